The second-order valence-corrected chi connectivity index (χ2v) is 3.88. The average Bonchev–Trinajstić information content (AvgIpc) is 1.73. The molecule has 0 aromatic heterocycles. The molecule has 0 aromatic rings. The van der Waals surface area contributed by atoms with E-state index < -0.39 is 35.3 Å². The van der Waals surface area contributed by atoms with Crippen molar-refractivity contribution in [3.63, 3.8) is 0 Å². The quantitative estimate of drug-likeness (QED) is 0.175. The Labute approximate surface area is 152 Å². The molecule has 104 valence electrons. The molecule has 0 aliphatic carbocycles. The minimum atomic E-state index is -5.39. The van der Waals surface area contributed by atoms with Crippen molar-refractivity contribution in [3.8, 4) is 0 Å². The fourth-order valence-corrected chi connectivity index (χ4v) is 0. The first-order valence-electron chi connectivity index (χ1n) is 2.68. The molecule has 0 aliphatic rings. The Kier molecular flexibility index (Phi) is 59.9. The van der Waals surface area contributed by atoms with Crippen LogP contribution in [-0.4, -0.2) is 56.3 Å². The Morgan fingerprint density at radius 1 is 0.600 bits per heavy atom. The predicted octanol–water partition coefficient (Wildman–Crippen LogP) is -16.7. The molecule has 0 rings (SSSR count). The van der Waals surface area contributed by atoms with Gasteiger partial charge in [0, 0.05) is 0 Å². The van der Waals surface area contributed by atoms with Crippen LogP contribution in [0, 0.1) is 0 Å². The van der Waals surface area contributed by atoms with Crippen molar-refractivity contribution < 1.29 is 118 Å². The molecule has 0 unspecified atom stereocenters. The Hall–Kier alpha value is 0.753. The summed E-state index contributed by atoms with van der Waals surface area (Å²) in [6.45, 7) is 0. The van der Waals surface area contributed by atoms with E-state index in [2.05, 4.69) is 0 Å². The van der Waals surface area contributed by atoms with Gasteiger partial charge in [-0.25, -0.2) is 0 Å². The first-order chi connectivity index (χ1) is 7.20. The first kappa shape index (κ1) is 42.8. The zero-order valence-corrected chi connectivity index (χ0v) is 14.4. The fourth-order valence-electron chi connectivity index (χ4n) is 0. The van der Waals surface area contributed by atoms with Crippen molar-refractivity contribution in [2.75, 3.05) is 0 Å². The molecule has 0 spiro atoms. The smallest absolute Gasteiger partial charge is 0.822 e. The van der Waals surface area contributed by atoms with Crippen molar-refractivity contribution in [1.82, 2.24) is 0 Å². The van der Waals surface area contributed by atoms with Gasteiger partial charge in [0.15, 0.2) is 0 Å². The topological polar surface area (TPSA) is 259 Å². The number of phosphoric acid groups is 1. The molecular weight excluding hydrogens is 344 g/mol. The van der Waals surface area contributed by atoms with Crippen LogP contribution < -0.4 is 71.3 Å². The predicted molar refractivity (Wildman–Crippen MR) is 40.2 cm³/mol. The van der Waals surface area contributed by atoms with Gasteiger partial charge in [0.05, 0.1) is 0 Å². The third-order valence-corrected chi connectivity index (χ3v) is 0. The van der Waals surface area contributed by atoms with Crippen molar-refractivity contribution >= 4 is 35.3 Å². The van der Waals surface area contributed by atoms with Gasteiger partial charge in [-0.15, -0.1) is 0 Å². The molecule has 0 radical (unpaired) electrons. The summed E-state index contributed by atoms with van der Waals surface area (Å²) in [5, 5.41) is 0. The zero-order chi connectivity index (χ0) is 15.2. The van der Waals surface area contributed by atoms with Crippen LogP contribution in [0.25, 0.3) is 0 Å². The van der Waals surface area contributed by atoms with E-state index in [0.29, 0.717) is 0 Å². The molecule has 20 heteroatoms. The summed E-state index contributed by atoms with van der Waals surface area (Å²) in [4.78, 5) is 68.6. The van der Waals surface area contributed by atoms with Gasteiger partial charge >= 0.3 is 84.1 Å². The van der Waals surface area contributed by atoms with E-state index in [1.54, 1.807) is 0 Å². The summed E-state index contributed by atoms with van der Waals surface area (Å²) in [6, 6.07) is 0. The van der Waals surface area contributed by atoms with Gasteiger partial charge in [-0.1, -0.05) is 0 Å². The van der Waals surface area contributed by atoms with Crippen LogP contribution in [0.1, 0.15) is 0 Å². The minimum Gasteiger partial charge on any atom is -0.822 e. The minimum absolute atomic E-state index is 0. The number of hydrogen-bond donors (Lipinski definition) is 6. The van der Waals surface area contributed by atoms with Crippen LogP contribution in [0.3, 0.4) is 0 Å². The van der Waals surface area contributed by atoms with Crippen LogP contribution >= 0.6 is 7.82 Å². The number of hydrogen-bond acceptors (Lipinski definition) is 7. The summed E-state index contributed by atoms with van der Waals surface area (Å²) in [6.07, 6.45) is 0. The maximum atomic E-state index is 8.74. The van der Waals surface area contributed by atoms with E-state index in [9.17, 15) is 0 Å². The standard InChI is InChI=1S/3Li.H3O4P.3H2O3Si/c;;;1-5(2,3)4;3*1-4(2)3/h;;;(H3,1,2,3,4);3*1-2H/q3*+1;;;;/p-3. The van der Waals surface area contributed by atoms with Crippen molar-refractivity contribution in [1.29, 1.82) is 0 Å². The van der Waals surface area contributed by atoms with Crippen molar-refractivity contribution in [2.24, 2.45) is 0 Å². The van der Waals surface area contributed by atoms with Gasteiger partial charge in [0.25, 0.3) is 0 Å². The van der Waals surface area contributed by atoms with Gasteiger partial charge in [0.1, 0.15) is 0 Å². The first-order valence-corrected chi connectivity index (χ1v) is 8.05. The molecule has 13 nitrogen and oxygen atoms in total. The van der Waals surface area contributed by atoms with E-state index in [4.69, 9.17) is 61.4 Å². The van der Waals surface area contributed by atoms with Gasteiger partial charge in [-0.2, -0.15) is 7.82 Å². The van der Waals surface area contributed by atoms with Gasteiger partial charge in [0.2, 0.25) is 0 Å². The summed E-state index contributed by atoms with van der Waals surface area (Å²) >= 11 is 0. The Morgan fingerprint density at radius 3 is 0.600 bits per heavy atom. The maximum Gasteiger partial charge on any atom is 1.00 e. The molecule has 0 fully saturated rings. The van der Waals surface area contributed by atoms with Crippen LogP contribution in [0.5, 0.6) is 0 Å². The van der Waals surface area contributed by atoms with Crippen molar-refractivity contribution in [3.05, 3.63) is 0 Å². The molecule has 0 atom stereocenters. The monoisotopic (exact) mass is 350 g/mol. The Bertz CT molecular complexity index is 225. The van der Waals surface area contributed by atoms with Gasteiger partial charge in [-0.3, -0.25) is 13.4 Å². The van der Waals surface area contributed by atoms with E-state index in [1.807, 2.05) is 0 Å². The largest absolute Gasteiger partial charge is 1.00 e. The molecule has 6 N–H and O–H groups in total. The molecular formula is H6Li3O13PSi3. The normalized spacial score (nSPS) is 6.55. The van der Waals surface area contributed by atoms with E-state index in [-0.39, 0.29) is 56.6 Å². The van der Waals surface area contributed by atoms with Crippen LogP contribution in [0.2, 0.25) is 0 Å². The second-order valence-electron chi connectivity index (χ2n) is 1.29. The fraction of sp³-hybridized carbons (Fsp3) is 0. The molecule has 0 aliphatic heterocycles. The average molecular weight is 350 g/mol. The molecule has 0 saturated carbocycles. The van der Waals surface area contributed by atoms with Crippen LogP contribution in [0.15, 0.2) is 0 Å². The molecule has 20 heavy (non-hydrogen) atoms. The molecule has 0 aromatic carbocycles. The third kappa shape index (κ3) is 10400. The van der Waals surface area contributed by atoms with Crippen molar-refractivity contribution in [2.45, 2.75) is 0 Å². The summed E-state index contributed by atoms with van der Waals surface area (Å²) < 4.78 is 34.8. The maximum absolute atomic E-state index is 8.74. The number of rotatable bonds is 0. The molecule has 0 bridgehead atoms. The van der Waals surface area contributed by atoms with Crippen LogP contribution in [0.4, 0.5) is 0 Å². The van der Waals surface area contributed by atoms with Gasteiger partial charge in [-0.05, 0) is 0 Å². The van der Waals surface area contributed by atoms with E-state index in [0.717, 1.165) is 0 Å². The summed E-state index contributed by atoms with van der Waals surface area (Å²) in [5.41, 5.74) is 0. The molecule has 0 saturated heterocycles. The Morgan fingerprint density at radius 2 is 0.600 bits per heavy atom. The Balaban J connectivity index is -0.0000000216. The van der Waals surface area contributed by atoms with Crippen LogP contribution in [-0.2, 0) is 18.0 Å². The SMILES string of the molecule is O=P([O-])([O-])[O-].O=[Si](O)O.O=[Si](O)O.O=[Si](O)O.[Li+].[Li+].[Li+]. The summed E-state index contributed by atoms with van der Waals surface area (Å²) in [7, 11) is -14.8. The summed E-state index contributed by atoms with van der Waals surface area (Å²) in [5.74, 6) is 0. The van der Waals surface area contributed by atoms with E-state index >= 15 is 0 Å². The third-order valence-electron chi connectivity index (χ3n) is 0. The van der Waals surface area contributed by atoms with E-state index in [1.165, 1.54) is 0 Å². The molecule has 0 heterocycles. The zero-order valence-electron chi connectivity index (χ0n) is 10.5. The second kappa shape index (κ2) is 28.0. The van der Waals surface area contributed by atoms with Gasteiger partial charge < -0.3 is 48.0 Å². The molecule has 0 amide bonds.